The first-order valence-electron chi connectivity index (χ1n) is 9.47. The maximum absolute atomic E-state index is 6.05. The van der Waals surface area contributed by atoms with E-state index in [4.69, 9.17) is 7.85 Å². The number of benzene rings is 1. The van der Waals surface area contributed by atoms with E-state index < -0.39 is 0 Å². The summed E-state index contributed by atoms with van der Waals surface area (Å²) in [4.78, 5) is 11.5. The van der Waals surface area contributed by atoms with Crippen LogP contribution in [0.4, 0.5) is 11.5 Å². The summed E-state index contributed by atoms with van der Waals surface area (Å²) in [6.45, 7) is 3.41. The number of aromatic nitrogens is 5. The molecule has 0 saturated carbocycles. The summed E-state index contributed by atoms with van der Waals surface area (Å²) < 4.78 is 1.93. The topological polar surface area (TPSA) is 74.1 Å². The number of rotatable bonds is 5. The molecule has 28 heavy (non-hydrogen) atoms. The molecule has 138 valence electrons. The van der Waals surface area contributed by atoms with Crippen molar-refractivity contribution in [2.45, 2.75) is 19.4 Å². The zero-order valence-corrected chi connectivity index (χ0v) is 15.5. The summed E-state index contributed by atoms with van der Waals surface area (Å²) in [5.41, 5.74) is 5.26. The average molecular weight is 369 g/mol. The van der Waals surface area contributed by atoms with Crippen LogP contribution in [0, 0.1) is 0 Å². The highest BCUT2D eigenvalue weighted by Gasteiger charge is 2.13. The van der Waals surface area contributed by atoms with Crippen LogP contribution in [0.3, 0.4) is 0 Å². The normalized spacial score (nSPS) is 14.7. The Morgan fingerprint density at radius 1 is 1.11 bits per heavy atom. The van der Waals surface area contributed by atoms with Crippen LogP contribution in [0.2, 0.25) is 0 Å². The quantitative estimate of drug-likeness (QED) is 0.528. The van der Waals surface area contributed by atoms with Gasteiger partial charge in [-0.15, -0.1) is 0 Å². The van der Waals surface area contributed by atoms with E-state index in [2.05, 4.69) is 54.6 Å². The fourth-order valence-electron chi connectivity index (χ4n) is 3.72. The van der Waals surface area contributed by atoms with Crippen molar-refractivity contribution in [3.63, 3.8) is 0 Å². The minimum Gasteiger partial charge on any atom is -0.337 e. The van der Waals surface area contributed by atoms with Gasteiger partial charge in [0.25, 0.3) is 0 Å². The summed E-state index contributed by atoms with van der Waals surface area (Å²) in [6, 6.07) is 8.47. The predicted octanol–water partition coefficient (Wildman–Crippen LogP) is 2.25. The van der Waals surface area contributed by atoms with Crippen molar-refractivity contribution in [2.75, 3.05) is 18.4 Å². The summed E-state index contributed by atoms with van der Waals surface area (Å²) in [5, 5.41) is 10.2. The van der Waals surface area contributed by atoms with Crippen molar-refractivity contribution in [3.05, 3.63) is 54.6 Å². The summed E-state index contributed by atoms with van der Waals surface area (Å²) in [7, 11) is 6.05. The third kappa shape index (κ3) is 3.27. The maximum atomic E-state index is 6.05. The van der Waals surface area contributed by atoms with Crippen LogP contribution in [0.5, 0.6) is 0 Å². The number of hydrogen-bond donors (Lipinski definition) is 2. The third-order valence-corrected chi connectivity index (χ3v) is 5.13. The lowest BCUT2D eigenvalue weighted by atomic mass is 10.1. The van der Waals surface area contributed by atoms with E-state index in [1.54, 1.807) is 18.6 Å². The number of H-pyrrole nitrogens is 1. The van der Waals surface area contributed by atoms with Crippen LogP contribution < -0.4 is 10.9 Å². The first-order chi connectivity index (χ1) is 13.8. The predicted molar refractivity (Wildman–Crippen MR) is 110 cm³/mol. The van der Waals surface area contributed by atoms with Gasteiger partial charge < -0.3 is 5.32 Å². The van der Waals surface area contributed by atoms with Crippen molar-refractivity contribution in [1.82, 2.24) is 29.5 Å². The number of nitrogens with one attached hydrogen (secondary N) is 2. The Morgan fingerprint density at radius 3 is 2.68 bits per heavy atom. The molecule has 5 rings (SSSR count). The number of fused-ring (bicyclic) bond motifs is 1. The molecule has 8 heteroatoms. The molecular weight excluding hydrogens is 349 g/mol. The largest absolute Gasteiger partial charge is 0.337 e. The Bertz CT molecular complexity index is 1080. The molecule has 0 atom stereocenters. The number of imidazole rings is 1. The Morgan fingerprint density at radius 2 is 1.93 bits per heavy atom. The van der Waals surface area contributed by atoms with E-state index in [1.165, 1.54) is 31.5 Å². The van der Waals surface area contributed by atoms with Gasteiger partial charge in [-0.25, -0.2) is 9.97 Å². The van der Waals surface area contributed by atoms with Crippen molar-refractivity contribution < 1.29 is 0 Å². The van der Waals surface area contributed by atoms with Crippen LogP contribution in [0.1, 0.15) is 18.4 Å². The van der Waals surface area contributed by atoms with E-state index >= 15 is 0 Å². The molecule has 4 aromatic rings. The van der Waals surface area contributed by atoms with Gasteiger partial charge in [-0.1, -0.05) is 12.1 Å². The molecule has 0 unspecified atom stereocenters. The molecule has 2 radical (unpaired) electrons. The fourth-order valence-corrected chi connectivity index (χ4v) is 3.72. The van der Waals surface area contributed by atoms with Crippen LogP contribution in [-0.4, -0.2) is 50.4 Å². The number of anilines is 2. The van der Waals surface area contributed by atoms with Crippen molar-refractivity contribution >= 4 is 30.6 Å². The van der Waals surface area contributed by atoms with Gasteiger partial charge in [0.1, 0.15) is 7.85 Å². The molecule has 2 N–H and O–H groups in total. The molecule has 3 aromatic heterocycles. The molecule has 0 aliphatic carbocycles. The molecule has 0 bridgehead atoms. The van der Waals surface area contributed by atoms with Crippen LogP contribution in [0.15, 0.2) is 49.1 Å². The highest BCUT2D eigenvalue weighted by atomic mass is 15.1. The summed E-state index contributed by atoms with van der Waals surface area (Å²) in [6.07, 6.45) is 9.77. The molecule has 0 amide bonds. The standard InChI is InChI=1S/C20H20BN7/c21-18-13-28-17(15-9-23-24-10-15)11-22-20(28)19(26-18)25-16-5-3-14(4-6-16)12-27-7-1-2-8-27/h3-6,9-11,13H,1-2,7-8,12H2,(H,23,24)(H,25,26). The molecule has 0 spiro atoms. The molecule has 1 fully saturated rings. The molecule has 4 heterocycles. The molecular formula is C20H20BN7. The zero-order chi connectivity index (χ0) is 18.9. The Kier molecular flexibility index (Phi) is 4.33. The summed E-state index contributed by atoms with van der Waals surface area (Å²) >= 11 is 0. The molecule has 7 nitrogen and oxygen atoms in total. The second-order valence-electron chi connectivity index (χ2n) is 7.14. The monoisotopic (exact) mass is 369 g/mol. The van der Waals surface area contributed by atoms with Crippen LogP contribution in [-0.2, 0) is 6.54 Å². The smallest absolute Gasteiger partial charge is 0.180 e. The Labute approximate surface area is 164 Å². The summed E-state index contributed by atoms with van der Waals surface area (Å²) in [5.74, 6) is 0.627. The van der Waals surface area contributed by atoms with E-state index in [-0.39, 0.29) is 0 Å². The second kappa shape index (κ2) is 7.12. The maximum Gasteiger partial charge on any atom is 0.180 e. The van der Waals surface area contributed by atoms with Gasteiger partial charge in [-0.2, -0.15) is 5.10 Å². The first-order valence-corrected chi connectivity index (χ1v) is 9.47. The highest BCUT2D eigenvalue weighted by Crippen LogP contribution is 2.24. The first kappa shape index (κ1) is 17.0. The Hall–Kier alpha value is -3.13. The Balaban J connectivity index is 1.42. The van der Waals surface area contributed by atoms with Gasteiger partial charge in [-0.3, -0.25) is 14.4 Å². The second-order valence-corrected chi connectivity index (χ2v) is 7.14. The molecule has 1 aliphatic rings. The SMILES string of the molecule is [B]c1cn2c(-c3cn[nH]c3)cnc2c(Nc2ccc(CN3CCCC3)cc2)n1. The van der Waals surface area contributed by atoms with E-state index in [9.17, 15) is 0 Å². The lowest BCUT2D eigenvalue weighted by Crippen LogP contribution is -2.18. The minimum absolute atomic E-state index is 0.420. The molecule has 1 aliphatic heterocycles. The van der Waals surface area contributed by atoms with E-state index in [0.29, 0.717) is 17.1 Å². The van der Waals surface area contributed by atoms with Gasteiger partial charge in [0.05, 0.1) is 18.1 Å². The number of likely N-dealkylation sites (tertiary alicyclic amines) is 1. The van der Waals surface area contributed by atoms with Crippen LogP contribution >= 0.6 is 0 Å². The van der Waals surface area contributed by atoms with Gasteiger partial charge >= 0.3 is 0 Å². The number of aromatic amines is 1. The average Bonchev–Trinajstić information content (AvgIpc) is 3.44. The van der Waals surface area contributed by atoms with Crippen LogP contribution in [0.25, 0.3) is 16.9 Å². The third-order valence-electron chi connectivity index (χ3n) is 5.13. The van der Waals surface area contributed by atoms with E-state index in [1.807, 2.05) is 10.6 Å². The van der Waals surface area contributed by atoms with Crippen molar-refractivity contribution in [2.24, 2.45) is 0 Å². The lowest BCUT2D eigenvalue weighted by Gasteiger charge is -2.15. The van der Waals surface area contributed by atoms with E-state index in [0.717, 1.165) is 23.5 Å². The molecule has 1 saturated heterocycles. The molecule has 1 aromatic carbocycles. The van der Waals surface area contributed by atoms with Gasteiger partial charge in [0.2, 0.25) is 0 Å². The van der Waals surface area contributed by atoms with Gasteiger partial charge in [0.15, 0.2) is 11.5 Å². The zero-order valence-electron chi connectivity index (χ0n) is 15.5. The number of nitrogens with zero attached hydrogens (tertiary/aromatic N) is 5. The van der Waals surface area contributed by atoms with Crippen molar-refractivity contribution in [1.29, 1.82) is 0 Å². The lowest BCUT2D eigenvalue weighted by molar-refractivity contribution is 0.331. The van der Waals surface area contributed by atoms with Gasteiger partial charge in [0, 0.05) is 35.8 Å². The van der Waals surface area contributed by atoms with Crippen molar-refractivity contribution in [3.8, 4) is 11.3 Å². The van der Waals surface area contributed by atoms with Gasteiger partial charge in [-0.05, 0) is 43.6 Å². The minimum atomic E-state index is 0.420. The number of hydrogen-bond acceptors (Lipinski definition) is 5. The highest BCUT2D eigenvalue weighted by molar-refractivity contribution is 6.30. The fraction of sp³-hybridized carbons (Fsp3) is 0.250.